The molecule has 2 rings (SSSR count). The molecular weight excluding hydrogens is 219 g/mol. The van der Waals surface area contributed by atoms with Gasteiger partial charge in [0.15, 0.2) is 0 Å². The molecule has 1 aliphatic rings. The Bertz CT molecular complexity index is 362. The summed E-state index contributed by atoms with van der Waals surface area (Å²) in [6.07, 6.45) is 4.48. The standard InChI is InChI=1S/C13H19FN2O/c1-10(12-3-2-11(14)8-15-12)16-9-13(4-5-13)6-7-17/h2-3,8,10,16-17H,4-7,9H2,1H3. The molecule has 1 fully saturated rings. The van der Waals surface area contributed by atoms with E-state index >= 15 is 0 Å². The minimum absolute atomic E-state index is 0.117. The van der Waals surface area contributed by atoms with Crippen LogP contribution in [0.3, 0.4) is 0 Å². The maximum Gasteiger partial charge on any atom is 0.141 e. The Balaban J connectivity index is 1.85. The number of hydrogen-bond donors (Lipinski definition) is 2. The summed E-state index contributed by atoms with van der Waals surface area (Å²) in [5.41, 5.74) is 1.15. The summed E-state index contributed by atoms with van der Waals surface area (Å²) < 4.78 is 12.7. The molecule has 3 nitrogen and oxygen atoms in total. The molecule has 0 radical (unpaired) electrons. The predicted molar refractivity (Wildman–Crippen MR) is 64.0 cm³/mol. The van der Waals surface area contributed by atoms with Crippen LogP contribution in [0.2, 0.25) is 0 Å². The molecule has 1 unspecified atom stereocenters. The number of nitrogens with zero attached hydrogens (tertiary/aromatic N) is 1. The fraction of sp³-hybridized carbons (Fsp3) is 0.615. The molecule has 1 aliphatic carbocycles. The largest absolute Gasteiger partial charge is 0.396 e. The van der Waals surface area contributed by atoms with Crippen LogP contribution in [0.1, 0.15) is 37.9 Å². The topological polar surface area (TPSA) is 45.1 Å². The summed E-state index contributed by atoms with van der Waals surface area (Å²) in [5, 5.41) is 12.4. The van der Waals surface area contributed by atoms with Crippen molar-refractivity contribution in [2.24, 2.45) is 5.41 Å². The van der Waals surface area contributed by atoms with Gasteiger partial charge in [-0.2, -0.15) is 0 Å². The van der Waals surface area contributed by atoms with Crippen LogP contribution in [-0.2, 0) is 0 Å². The Morgan fingerprint density at radius 3 is 2.82 bits per heavy atom. The zero-order chi connectivity index (χ0) is 12.3. The van der Waals surface area contributed by atoms with E-state index < -0.39 is 0 Å². The van der Waals surface area contributed by atoms with Gasteiger partial charge < -0.3 is 10.4 Å². The summed E-state index contributed by atoms with van der Waals surface area (Å²) in [6, 6.07) is 3.26. The highest BCUT2D eigenvalue weighted by Crippen LogP contribution is 2.48. The van der Waals surface area contributed by atoms with Gasteiger partial charge in [0.05, 0.1) is 11.9 Å². The maximum atomic E-state index is 12.7. The number of aliphatic hydroxyl groups excluding tert-OH is 1. The molecular formula is C13H19FN2O. The van der Waals surface area contributed by atoms with Crippen LogP contribution in [0.15, 0.2) is 18.3 Å². The zero-order valence-corrected chi connectivity index (χ0v) is 10.1. The van der Waals surface area contributed by atoms with Gasteiger partial charge in [-0.25, -0.2) is 4.39 Å². The van der Waals surface area contributed by atoms with Crippen molar-refractivity contribution < 1.29 is 9.50 Å². The average molecular weight is 238 g/mol. The zero-order valence-electron chi connectivity index (χ0n) is 10.1. The van der Waals surface area contributed by atoms with Gasteiger partial charge >= 0.3 is 0 Å². The molecule has 0 aliphatic heterocycles. The van der Waals surface area contributed by atoms with Gasteiger partial charge in [0.25, 0.3) is 0 Å². The van der Waals surface area contributed by atoms with Gasteiger partial charge in [-0.1, -0.05) is 0 Å². The van der Waals surface area contributed by atoms with Gasteiger partial charge in [0, 0.05) is 19.2 Å². The van der Waals surface area contributed by atoms with Crippen LogP contribution in [0.25, 0.3) is 0 Å². The summed E-state index contributed by atoms with van der Waals surface area (Å²) >= 11 is 0. The number of halogens is 1. The Hall–Kier alpha value is -1.00. The number of rotatable bonds is 6. The molecule has 1 aromatic heterocycles. The van der Waals surface area contributed by atoms with Crippen LogP contribution < -0.4 is 5.32 Å². The van der Waals surface area contributed by atoms with Crippen molar-refractivity contribution in [2.45, 2.75) is 32.2 Å². The molecule has 1 saturated carbocycles. The van der Waals surface area contributed by atoms with Gasteiger partial charge in [-0.3, -0.25) is 4.98 Å². The van der Waals surface area contributed by atoms with Crippen LogP contribution in [0.4, 0.5) is 4.39 Å². The highest BCUT2D eigenvalue weighted by Gasteiger charge is 2.41. The van der Waals surface area contributed by atoms with Crippen molar-refractivity contribution in [3.05, 3.63) is 29.8 Å². The van der Waals surface area contributed by atoms with Gasteiger partial charge in [0.2, 0.25) is 0 Å². The van der Waals surface area contributed by atoms with E-state index in [0.29, 0.717) is 5.41 Å². The number of pyridine rings is 1. The van der Waals surface area contributed by atoms with Crippen molar-refractivity contribution in [1.29, 1.82) is 0 Å². The van der Waals surface area contributed by atoms with Crippen molar-refractivity contribution in [3.8, 4) is 0 Å². The number of aromatic nitrogens is 1. The lowest BCUT2D eigenvalue weighted by atomic mass is 10.0. The quantitative estimate of drug-likeness (QED) is 0.797. The van der Waals surface area contributed by atoms with Crippen molar-refractivity contribution in [1.82, 2.24) is 10.3 Å². The second-order valence-electron chi connectivity index (χ2n) is 4.98. The average Bonchev–Trinajstić information content (AvgIpc) is 3.08. The molecule has 17 heavy (non-hydrogen) atoms. The lowest BCUT2D eigenvalue weighted by Gasteiger charge is -2.19. The minimum Gasteiger partial charge on any atom is -0.396 e. The normalized spacial score (nSPS) is 19.0. The van der Waals surface area contributed by atoms with Gasteiger partial charge in [0.1, 0.15) is 5.82 Å². The second kappa shape index (κ2) is 5.10. The first-order chi connectivity index (χ1) is 8.15. The molecule has 2 N–H and O–H groups in total. The molecule has 4 heteroatoms. The molecule has 1 atom stereocenters. The molecule has 0 spiro atoms. The molecule has 1 aromatic rings. The van der Waals surface area contributed by atoms with E-state index in [1.807, 2.05) is 6.92 Å². The smallest absolute Gasteiger partial charge is 0.141 e. The molecule has 0 bridgehead atoms. The van der Waals surface area contributed by atoms with E-state index in [-0.39, 0.29) is 18.5 Å². The Labute approximate surface area is 101 Å². The summed E-state index contributed by atoms with van der Waals surface area (Å²) in [5.74, 6) is -0.306. The third-order valence-electron chi connectivity index (χ3n) is 3.58. The van der Waals surface area contributed by atoms with Gasteiger partial charge in [-0.15, -0.1) is 0 Å². The van der Waals surface area contributed by atoms with Crippen molar-refractivity contribution >= 4 is 0 Å². The monoisotopic (exact) mass is 238 g/mol. The maximum absolute atomic E-state index is 12.7. The lowest BCUT2D eigenvalue weighted by Crippen LogP contribution is -2.27. The summed E-state index contributed by atoms with van der Waals surface area (Å²) in [6.45, 7) is 3.17. The third-order valence-corrected chi connectivity index (χ3v) is 3.58. The Kier molecular flexibility index (Phi) is 3.74. The molecule has 0 aromatic carbocycles. The van der Waals surface area contributed by atoms with Crippen LogP contribution in [0.5, 0.6) is 0 Å². The first-order valence-corrected chi connectivity index (χ1v) is 6.11. The summed E-state index contributed by atoms with van der Waals surface area (Å²) in [4.78, 5) is 4.06. The Morgan fingerprint density at radius 2 is 2.29 bits per heavy atom. The van der Waals surface area contributed by atoms with E-state index in [1.54, 1.807) is 6.07 Å². The number of hydrogen-bond acceptors (Lipinski definition) is 3. The van der Waals surface area contributed by atoms with E-state index in [1.165, 1.54) is 25.1 Å². The van der Waals surface area contributed by atoms with Crippen LogP contribution in [0, 0.1) is 11.2 Å². The summed E-state index contributed by atoms with van der Waals surface area (Å²) in [7, 11) is 0. The van der Waals surface area contributed by atoms with E-state index in [4.69, 9.17) is 5.11 Å². The van der Waals surface area contributed by atoms with E-state index in [0.717, 1.165) is 18.7 Å². The number of nitrogens with one attached hydrogen (secondary N) is 1. The molecule has 0 amide bonds. The highest BCUT2D eigenvalue weighted by molar-refractivity contribution is 5.09. The Morgan fingerprint density at radius 1 is 1.53 bits per heavy atom. The first-order valence-electron chi connectivity index (χ1n) is 6.11. The SMILES string of the molecule is CC(NCC1(CCO)CC1)c1ccc(F)cn1. The fourth-order valence-electron chi connectivity index (χ4n) is 2.05. The van der Waals surface area contributed by atoms with Crippen molar-refractivity contribution in [3.63, 3.8) is 0 Å². The molecule has 94 valence electrons. The van der Waals surface area contributed by atoms with Crippen LogP contribution >= 0.6 is 0 Å². The van der Waals surface area contributed by atoms with Crippen LogP contribution in [-0.4, -0.2) is 23.2 Å². The predicted octanol–water partition coefficient (Wildman–Crippen LogP) is 2.03. The van der Waals surface area contributed by atoms with Gasteiger partial charge in [-0.05, 0) is 43.7 Å². The second-order valence-corrected chi connectivity index (χ2v) is 4.98. The third kappa shape index (κ3) is 3.23. The lowest BCUT2D eigenvalue weighted by molar-refractivity contribution is 0.242. The number of aliphatic hydroxyl groups is 1. The van der Waals surface area contributed by atoms with Crippen molar-refractivity contribution in [2.75, 3.05) is 13.2 Å². The van der Waals surface area contributed by atoms with E-state index in [2.05, 4.69) is 10.3 Å². The molecule has 1 heterocycles. The van der Waals surface area contributed by atoms with E-state index in [9.17, 15) is 4.39 Å². The highest BCUT2D eigenvalue weighted by atomic mass is 19.1. The minimum atomic E-state index is -0.306. The fourth-order valence-corrected chi connectivity index (χ4v) is 2.05. The molecule has 0 saturated heterocycles. The first kappa shape index (κ1) is 12.5.